The highest BCUT2D eigenvalue weighted by atomic mass is 32.2. The number of nitrogens with one attached hydrogen (secondary N) is 1. The van der Waals surface area contributed by atoms with Crippen LogP contribution in [0.1, 0.15) is 15.9 Å². The van der Waals surface area contributed by atoms with Crippen molar-refractivity contribution in [3.8, 4) is 11.6 Å². The molecule has 0 saturated carbocycles. The lowest BCUT2D eigenvalue weighted by Gasteiger charge is -2.09. The van der Waals surface area contributed by atoms with Crippen LogP contribution in [0.2, 0.25) is 0 Å². The molecule has 6 heteroatoms. The number of hydrogen-bond acceptors (Lipinski definition) is 5. The van der Waals surface area contributed by atoms with Crippen molar-refractivity contribution in [1.29, 1.82) is 0 Å². The van der Waals surface area contributed by atoms with E-state index in [1.165, 1.54) is 11.8 Å². The van der Waals surface area contributed by atoms with Gasteiger partial charge in [0.25, 0.3) is 11.8 Å². The van der Waals surface area contributed by atoms with E-state index >= 15 is 0 Å². The van der Waals surface area contributed by atoms with E-state index in [-0.39, 0.29) is 5.91 Å². The lowest BCUT2D eigenvalue weighted by Crippen LogP contribution is -2.22. The normalized spacial score (nSPS) is 10.4. The maximum atomic E-state index is 12.4. The highest BCUT2D eigenvalue weighted by Crippen LogP contribution is 2.33. The van der Waals surface area contributed by atoms with E-state index in [0.717, 1.165) is 10.5 Å². The van der Waals surface area contributed by atoms with Crippen molar-refractivity contribution < 1.29 is 9.53 Å². The van der Waals surface area contributed by atoms with Crippen LogP contribution in [-0.4, -0.2) is 15.9 Å². The number of carbonyl (C=O) groups is 1. The number of benzene rings is 3. The van der Waals surface area contributed by atoms with Crippen LogP contribution >= 0.6 is 11.8 Å². The minimum Gasteiger partial charge on any atom is -0.437 e. The van der Waals surface area contributed by atoms with Crippen LogP contribution in [0.15, 0.2) is 107 Å². The molecule has 0 aliphatic rings. The Morgan fingerprint density at radius 1 is 0.833 bits per heavy atom. The summed E-state index contributed by atoms with van der Waals surface area (Å²) >= 11 is 1.48. The second-order valence-electron chi connectivity index (χ2n) is 6.38. The van der Waals surface area contributed by atoms with E-state index in [2.05, 4.69) is 15.3 Å². The van der Waals surface area contributed by atoms with Gasteiger partial charge in [-0.05, 0) is 42.0 Å². The molecule has 0 fully saturated rings. The summed E-state index contributed by atoms with van der Waals surface area (Å²) < 4.78 is 5.92. The Bertz CT molecular complexity index is 1100. The Hall–Kier alpha value is -3.64. The van der Waals surface area contributed by atoms with Crippen LogP contribution in [-0.2, 0) is 6.54 Å². The average Bonchev–Trinajstić information content (AvgIpc) is 2.81. The first-order valence-electron chi connectivity index (χ1n) is 9.42. The zero-order chi connectivity index (χ0) is 20.6. The summed E-state index contributed by atoms with van der Waals surface area (Å²) in [6.07, 6.45) is 3.23. The number of aromatic nitrogens is 2. The van der Waals surface area contributed by atoms with Crippen LogP contribution in [0, 0.1) is 0 Å². The van der Waals surface area contributed by atoms with Crippen molar-refractivity contribution in [3.63, 3.8) is 0 Å². The van der Waals surface area contributed by atoms with Gasteiger partial charge in [-0.2, -0.15) is 0 Å². The van der Waals surface area contributed by atoms with Crippen LogP contribution in [0.4, 0.5) is 0 Å². The van der Waals surface area contributed by atoms with Gasteiger partial charge in [0.15, 0.2) is 5.03 Å². The van der Waals surface area contributed by atoms with E-state index < -0.39 is 0 Å². The fourth-order valence-electron chi connectivity index (χ4n) is 2.72. The molecule has 148 valence electrons. The third-order valence-electron chi connectivity index (χ3n) is 4.22. The number of nitrogens with zero attached hydrogens (tertiary/aromatic N) is 2. The molecule has 0 bridgehead atoms. The Labute approximate surface area is 179 Å². The fourth-order valence-corrected chi connectivity index (χ4v) is 3.53. The third-order valence-corrected chi connectivity index (χ3v) is 5.20. The molecule has 0 atom stereocenters. The predicted molar refractivity (Wildman–Crippen MR) is 117 cm³/mol. The molecule has 0 aliphatic carbocycles. The number of rotatable bonds is 7. The van der Waals surface area contributed by atoms with Gasteiger partial charge in [-0.15, -0.1) is 0 Å². The molecule has 1 amide bonds. The van der Waals surface area contributed by atoms with Gasteiger partial charge in [-0.1, -0.05) is 60.3 Å². The molecular weight excluding hydrogens is 394 g/mol. The average molecular weight is 414 g/mol. The molecule has 4 rings (SSSR count). The lowest BCUT2D eigenvalue weighted by atomic mass is 10.2. The van der Waals surface area contributed by atoms with E-state index in [4.69, 9.17) is 4.74 Å². The smallest absolute Gasteiger partial charge is 0.252 e. The van der Waals surface area contributed by atoms with Crippen molar-refractivity contribution in [2.45, 2.75) is 16.5 Å². The molecule has 3 aromatic carbocycles. The quantitative estimate of drug-likeness (QED) is 0.442. The minimum atomic E-state index is -0.134. The van der Waals surface area contributed by atoms with Crippen LogP contribution < -0.4 is 10.1 Å². The van der Waals surface area contributed by atoms with Gasteiger partial charge in [0.05, 0.1) is 0 Å². The van der Waals surface area contributed by atoms with Crippen molar-refractivity contribution >= 4 is 17.7 Å². The number of ether oxygens (including phenoxy) is 1. The summed E-state index contributed by atoms with van der Waals surface area (Å²) in [4.78, 5) is 22.1. The highest BCUT2D eigenvalue weighted by Gasteiger charge is 2.11. The Kier molecular flexibility index (Phi) is 6.37. The molecule has 1 aromatic heterocycles. The topological polar surface area (TPSA) is 64.1 Å². The third kappa shape index (κ3) is 5.24. The van der Waals surface area contributed by atoms with Crippen molar-refractivity contribution in [2.75, 3.05) is 0 Å². The molecule has 1 heterocycles. The van der Waals surface area contributed by atoms with Gasteiger partial charge in [0.1, 0.15) is 5.75 Å². The maximum absolute atomic E-state index is 12.4. The Balaban J connectivity index is 1.41. The zero-order valence-electron chi connectivity index (χ0n) is 16.1. The zero-order valence-corrected chi connectivity index (χ0v) is 16.9. The van der Waals surface area contributed by atoms with Crippen molar-refractivity contribution in [2.24, 2.45) is 0 Å². The van der Waals surface area contributed by atoms with Crippen LogP contribution in [0.3, 0.4) is 0 Å². The number of carbonyl (C=O) groups excluding carboxylic acids is 1. The molecule has 0 spiro atoms. The lowest BCUT2D eigenvalue weighted by molar-refractivity contribution is 0.0951. The second-order valence-corrected chi connectivity index (χ2v) is 7.44. The fraction of sp³-hybridized carbons (Fsp3) is 0.0417. The van der Waals surface area contributed by atoms with E-state index in [9.17, 15) is 4.79 Å². The molecular formula is C24H19N3O2S. The van der Waals surface area contributed by atoms with Crippen molar-refractivity contribution in [3.05, 3.63) is 108 Å². The summed E-state index contributed by atoms with van der Waals surface area (Å²) in [7, 11) is 0. The molecule has 5 nitrogen and oxygen atoms in total. The van der Waals surface area contributed by atoms with E-state index in [1.807, 2.05) is 60.7 Å². The number of hydrogen-bond donors (Lipinski definition) is 1. The molecule has 0 unspecified atom stereocenters. The first-order valence-corrected chi connectivity index (χ1v) is 10.2. The van der Waals surface area contributed by atoms with Crippen LogP contribution in [0.25, 0.3) is 0 Å². The summed E-state index contributed by atoms with van der Waals surface area (Å²) in [5, 5.41) is 3.59. The molecule has 4 aromatic rings. The summed E-state index contributed by atoms with van der Waals surface area (Å²) in [5.74, 6) is 0.878. The summed E-state index contributed by atoms with van der Waals surface area (Å²) in [5.41, 5.74) is 1.62. The molecule has 0 aliphatic heterocycles. The summed E-state index contributed by atoms with van der Waals surface area (Å²) in [6, 6.07) is 26.7. The van der Waals surface area contributed by atoms with Gasteiger partial charge in [0, 0.05) is 29.4 Å². The summed E-state index contributed by atoms with van der Waals surface area (Å²) in [6.45, 7) is 0.484. The van der Waals surface area contributed by atoms with Crippen molar-refractivity contribution in [1.82, 2.24) is 15.3 Å². The van der Waals surface area contributed by atoms with Gasteiger partial charge >= 0.3 is 0 Å². The highest BCUT2D eigenvalue weighted by molar-refractivity contribution is 7.99. The minimum absolute atomic E-state index is 0.134. The van der Waals surface area contributed by atoms with Gasteiger partial charge in [-0.25, -0.2) is 9.97 Å². The van der Waals surface area contributed by atoms with Gasteiger partial charge < -0.3 is 10.1 Å². The largest absolute Gasteiger partial charge is 0.437 e. The first kappa shape index (κ1) is 19.7. The van der Waals surface area contributed by atoms with Gasteiger partial charge in [-0.3, -0.25) is 4.79 Å². The van der Waals surface area contributed by atoms with Gasteiger partial charge in [0.2, 0.25) is 0 Å². The van der Waals surface area contributed by atoms with E-state index in [0.29, 0.717) is 28.8 Å². The second kappa shape index (κ2) is 9.71. The van der Waals surface area contributed by atoms with Crippen LogP contribution in [0.5, 0.6) is 11.6 Å². The molecule has 0 saturated heterocycles. The van der Waals surface area contributed by atoms with E-state index in [1.54, 1.807) is 36.7 Å². The SMILES string of the molecule is O=C(NCc1ccccc1)c1ccc(Oc2nccnc2Sc2ccccc2)cc1. The Morgan fingerprint density at radius 3 is 2.23 bits per heavy atom. The maximum Gasteiger partial charge on any atom is 0.252 e. The predicted octanol–water partition coefficient (Wildman–Crippen LogP) is 5.35. The molecule has 30 heavy (non-hydrogen) atoms. The monoisotopic (exact) mass is 413 g/mol. The first-order chi connectivity index (χ1) is 14.8. The standard InChI is InChI=1S/C24H19N3O2S/c28-22(27-17-18-7-3-1-4-8-18)19-11-13-20(14-12-19)29-23-24(26-16-15-25-23)30-21-9-5-2-6-10-21/h1-16H,17H2,(H,27,28). The molecule has 1 N–H and O–H groups in total. The number of amides is 1. The molecule has 0 radical (unpaired) electrons. The Morgan fingerprint density at radius 2 is 1.50 bits per heavy atom.